The third-order valence-corrected chi connectivity index (χ3v) is 3.97. The summed E-state index contributed by atoms with van der Waals surface area (Å²) < 4.78 is 11.9. The van der Waals surface area contributed by atoms with E-state index in [1.165, 1.54) is 6.20 Å². The smallest absolute Gasteiger partial charge is 0.398 e. The molecule has 1 aliphatic rings. The second-order valence-electron chi connectivity index (χ2n) is 5.79. The van der Waals surface area contributed by atoms with E-state index in [1.807, 2.05) is 27.7 Å². The number of hydrogen-bond acceptors (Lipinski definition) is 5. The van der Waals surface area contributed by atoms with E-state index in [2.05, 4.69) is 11.1 Å². The van der Waals surface area contributed by atoms with Crippen molar-refractivity contribution in [2.75, 3.05) is 0 Å². The minimum atomic E-state index is -0.664. The van der Waals surface area contributed by atoms with Gasteiger partial charge in [-0.15, -0.1) is 0 Å². The van der Waals surface area contributed by atoms with Crippen molar-refractivity contribution in [2.45, 2.75) is 45.3 Å². The zero-order valence-corrected chi connectivity index (χ0v) is 12.1. The Bertz CT molecular complexity index is 562. The van der Waals surface area contributed by atoms with Crippen molar-refractivity contribution in [2.24, 2.45) is 0 Å². The first-order valence-electron chi connectivity index (χ1n) is 6.49. The average molecular weight is 272 g/mol. The Morgan fingerprint density at radius 3 is 2.45 bits per heavy atom. The van der Waals surface area contributed by atoms with Crippen LogP contribution >= 0.6 is 0 Å². The van der Waals surface area contributed by atoms with Gasteiger partial charge in [-0.3, -0.25) is 4.98 Å². The molecule has 0 bridgehead atoms. The summed E-state index contributed by atoms with van der Waals surface area (Å²) >= 11 is 0. The van der Waals surface area contributed by atoms with Gasteiger partial charge >= 0.3 is 7.12 Å². The van der Waals surface area contributed by atoms with Gasteiger partial charge < -0.3 is 14.1 Å². The number of hydrogen-bond donors (Lipinski definition) is 0. The fourth-order valence-corrected chi connectivity index (χ4v) is 2.07. The molecule has 1 fully saturated rings. The highest BCUT2D eigenvalue weighted by Crippen LogP contribution is 2.36. The molecule has 104 valence electrons. The summed E-state index contributed by atoms with van der Waals surface area (Å²) in [5.41, 5.74) is 0.538. The molecule has 2 heterocycles. The fraction of sp³-hybridized carbons (Fsp3) is 0.500. The minimum absolute atomic E-state index is 0.121. The summed E-state index contributed by atoms with van der Waals surface area (Å²) in [6.45, 7) is 7.78. The molecule has 0 unspecified atom stereocenters. The van der Waals surface area contributed by atoms with Gasteiger partial charge in [0.05, 0.1) is 28.4 Å². The highest BCUT2D eigenvalue weighted by molar-refractivity contribution is 6.61. The second-order valence-corrected chi connectivity index (χ2v) is 5.79. The monoisotopic (exact) mass is 272 g/mol. The lowest BCUT2D eigenvalue weighted by molar-refractivity contribution is -0.107. The van der Waals surface area contributed by atoms with Gasteiger partial charge in [-0.05, 0) is 39.3 Å². The molecular formula is C14H17BN2O3. The average Bonchev–Trinajstić information content (AvgIpc) is 2.59. The predicted molar refractivity (Wildman–Crippen MR) is 74.4 cm³/mol. The van der Waals surface area contributed by atoms with E-state index in [-0.39, 0.29) is 6.42 Å². The lowest BCUT2D eigenvalue weighted by Gasteiger charge is -2.32. The molecule has 0 aromatic carbocycles. The molecule has 1 aromatic heterocycles. The van der Waals surface area contributed by atoms with Gasteiger partial charge in [0.15, 0.2) is 0 Å². The van der Waals surface area contributed by atoms with E-state index >= 15 is 0 Å². The van der Waals surface area contributed by atoms with Crippen LogP contribution in [0.4, 0.5) is 0 Å². The van der Waals surface area contributed by atoms with Crippen LogP contribution in [0.2, 0.25) is 0 Å². The van der Waals surface area contributed by atoms with Crippen molar-refractivity contribution in [3.63, 3.8) is 0 Å². The molecule has 2 rings (SSSR count). The number of aromatic nitrogens is 1. The summed E-state index contributed by atoms with van der Waals surface area (Å²) in [4.78, 5) is 15.1. The van der Waals surface area contributed by atoms with Crippen molar-refractivity contribution in [1.82, 2.24) is 4.98 Å². The Kier molecular flexibility index (Phi) is 3.68. The Labute approximate surface area is 119 Å². The molecule has 0 amide bonds. The van der Waals surface area contributed by atoms with E-state index < -0.39 is 18.3 Å². The first-order valence-corrected chi connectivity index (χ1v) is 6.49. The van der Waals surface area contributed by atoms with Gasteiger partial charge in [-0.25, -0.2) is 0 Å². The normalized spacial score (nSPS) is 19.6. The zero-order chi connectivity index (χ0) is 15.0. The van der Waals surface area contributed by atoms with Crippen LogP contribution in [0.5, 0.6) is 0 Å². The maximum absolute atomic E-state index is 10.8. The van der Waals surface area contributed by atoms with E-state index in [0.717, 1.165) is 6.29 Å². The van der Waals surface area contributed by atoms with E-state index in [4.69, 9.17) is 14.6 Å². The van der Waals surface area contributed by atoms with Gasteiger partial charge in [-0.2, -0.15) is 5.26 Å². The largest absolute Gasteiger partial charge is 0.514 e. The lowest BCUT2D eigenvalue weighted by Crippen LogP contribution is -2.41. The summed E-state index contributed by atoms with van der Waals surface area (Å²) in [5, 5.41) is 9.14. The number of nitrogens with zero attached hydrogens (tertiary/aromatic N) is 2. The Hall–Kier alpha value is -1.71. The lowest BCUT2D eigenvalue weighted by atomic mass is 9.79. The molecule has 0 saturated carbocycles. The topological polar surface area (TPSA) is 72.2 Å². The molecule has 20 heavy (non-hydrogen) atoms. The van der Waals surface area contributed by atoms with Crippen LogP contribution in [-0.4, -0.2) is 29.6 Å². The molecule has 1 saturated heterocycles. The molecule has 6 heteroatoms. The Morgan fingerprint density at radius 2 is 1.95 bits per heavy atom. The van der Waals surface area contributed by atoms with Gasteiger partial charge in [0.25, 0.3) is 0 Å². The van der Waals surface area contributed by atoms with E-state index in [1.54, 1.807) is 6.07 Å². The highest BCUT2D eigenvalue weighted by Gasteiger charge is 2.53. The van der Waals surface area contributed by atoms with E-state index in [0.29, 0.717) is 16.7 Å². The standard InChI is InChI=1S/C14H17BN2O3/c1-13(2)14(3,4)20-15(19-13)12-11(6-8-18)10(9-16)5-7-17-12/h5,7-8H,6H2,1-4H3. The number of pyridine rings is 1. The Balaban J connectivity index is 2.45. The van der Waals surface area contributed by atoms with Crippen LogP contribution in [0.3, 0.4) is 0 Å². The molecule has 0 atom stereocenters. The molecule has 0 aliphatic carbocycles. The van der Waals surface area contributed by atoms with Crippen molar-refractivity contribution in [3.05, 3.63) is 23.4 Å². The summed E-state index contributed by atoms with van der Waals surface area (Å²) in [5.74, 6) is 0. The van der Waals surface area contributed by atoms with Crippen molar-refractivity contribution < 1.29 is 14.1 Å². The maximum atomic E-state index is 10.8. The molecule has 0 spiro atoms. The van der Waals surface area contributed by atoms with Crippen LogP contribution in [0.1, 0.15) is 38.8 Å². The predicted octanol–water partition coefficient (Wildman–Crippen LogP) is 0.994. The van der Waals surface area contributed by atoms with Crippen molar-refractivity contribution in [3.8, 4) is 6.07 Å². The van der Waals surface area contributed by atoms with Gasteiger partial charge in [0, 0.05) is 12.6 Å². The van der Waals surface area contributed by atoms with Gasteiger partial charge in [0.1, 0.15) is 6.29 Å². The van der Waals surface area contributed by atoms with E-state index in [9.17, 15) is 4.79 Å². The second kappa shape index (κ2) is 5.00. The summed E-state index contributed by atoms with van der Waals surface area (Å²) in [6.07, 6.45) is 2.41. The first-order chi connectivity index (χ1) is 9.32. The van der Waals surface area contributed by atoms with Crippen molar-refractivity contribution in [1.29, 1.82) is 5.26 Å². The quantitative estimate of drug-likeness (QED) is 0.606. The first kappa shape index (κ1) is 14.7. The summed E-state index contributed by atoms with van der Waals surface area (Å²) in [7, 11) is -0.664. The molecule has 0 radical (unpaired) electrons. The Morgan fingerprint density at radius 1 is 1.35 bits per heavy atom. The SMILES string of the molecule is CC1(C)OB(c2nccc(C#N)c2CC=O)OC1(C)C. The van der Waals surface area contributed by atoms with Gasteiger partial charge in [-0.1, -0.05) is 0 Å². The third-order valence-electron chi connectivity index (χ3n) is 3.97. The number of carbonyl (C=O) groups excluding carboxylic acids is 1. The number of aldehydes is 1. The molecule has 1 aromatic rings. The molecule has 5 nitrogen and oxygen atoms in total. The highest BCUT2D eigenvalue weighted by atomic mass is 16.7. The van der Waals surface area contributed by atoms with Gasteiger partial charge in [0.2, 0.25) is 0 Å². The zero-order valence-electron chi connectivity index (χ0n) is 12.1. The number of carbonyl (C=O) groups is 1. The van der Waals surface area contributed by atoms with Crippen molar-refractivity contribution >= 4 is 19.0 Å². The summed E-state index contributed by atoms with van der Waals surface area (Å²) in [6, 6.07) is 3.67. The van der Waals surface area contributed by atoms with Crippen LogP contribution in [0, 0.1) is 11.3 Å². The van der Waals surface area contributed by atoms with Crippen LogP contribution < -0.4 is 5.59 Å². The minimum Gasteiger partial charge on any atom is -0.398 e. The number of nitriles is 1. The maximum Gasteiger partial charge on any atom is 0.514 e. The molecule has 0 N–H and O–H groups in total. The van der Waals surface area contributed by atoms with Crippen LogP contribution in [0.15, 0.2) is 12.3 Å². The van der Waals surface area contributed by atoms with Crippen LogP contribution in [0.25, 0.3) is 0 Å². The number of rotatable bonds is 3. The molecule has 1 aliphatic heterocycles. The third kappa shape index (κ3) is 2.35. The molecular weight excluding hydrogens is 255 g/mol. The van der Waals surface area contributed by atoms with Crippen LogP contribution in [-0.2, 0) is 20.5 Å². The fourth-order valence-electron chi connectivity index (χ4n) is 2.07.